The quantitative estimate of drug-likeness (QED) is 0.506. The van der Waals surface area contributed by atoms with E-state index < -0.39 is 0 Å². The van der Waals surface area contributed by atoms with Crippen LogP contribution in [0.15, 0.2) is 23.1 Å². The van der Waals surface area contributed by atoms with Crippen LogP contribution in [0.25, 0.3) is 0 Å². The van der Waals surface area contributed by atoms with Crippen molar-refractivity contribution in [3.63, 3.8) is 0 Å². The predicted octanol–water partition coefficient (Wildman–Crippen LogP) is 4.49. The molecule has 108 valence electrons. The third-order valence-corrected chi connectivity index (χ3v) is 4.23. The smallest absolute Gasteiger partial charge is 0.0590 e. The Balaban J connectivity index is 2.03. The van der Waals surface area contributed by atoms with Gasteiger partial charge in [0.15, 0.2) is 0 Å². The second kappa shape index (κ2) is 10.8. The number of ether oxygens (including phenoxy) is 1. The zero-order valence-electron chi connectivity index (χ0n) is 11.3. The Morgan fingerprint density at radius 2 is 2.05 bits per heavy atom. The highest BCUT2D eigenvalue weighted by molar-refractivity contribution is 7.99. The van der Waals surface area contributed by atoms with E-state index in [-0.39, 0.29) is 0 Å². The molecule has 0 aliphatic carbocycles. The second-order valence-corrected chi connectivity index (χ2v) is 6.12. The molecule has 0 aromatic heterocycles. The maximum Gasteiger partial charge on any atom is 0.0590 e. The van der Waals surface area contributed by atoms with Gasteiger partial charge in [0.1, 0.15) is 0 Å². The molecule has 0 amide bonds. The minimum atomic E-state index is 0.726. The summed E-state index contributed by atoms with van der Waals surface area (Å²) in [5, 5.41) is 4.83. The molecule has 0 saturated heterocycles. The summed E-state index contributed by atoms with van der Waals surface area (Å²) in [6.07, 6.45) is 2.33. The van der Waals surface area contributed by atoms with Gasteiger partial charge in [0.05, 0.1) is 11.6 Å². The Hall–Kier alpha value is 0.0700. The first-order valence-electron chi connectivity index (χ1n) is 6.60. The van der Waals surface area contributed by atoms with Gasteiger partial charge in [-0.3, -0.25) is 0 Å². The molecule has 0 radical (unpaired) electrons. The van der Waals surface area contributed by atoms with Crippen LogP contribution in [0.5, 0.6) is 0 Å². The van der Waals surface area contributed by atoms with Crippen molar-refractivity contribution in [1.82, 2.24) is 5.32 Å². The normalized spacial score (nSPS) is 10.9. The molecular formula is C14H21Cl2NOS. The molecule has 1 rings (SSSR count). The summed E-state index contributed by atoms with van der Waals surface area (Å²) in [6, 6.07) is 5.55. The zero-order valence-corrected chi connectivity index (χ0v) is 13.6. The lowest BCUT2D eigenvalue weighted by molar-refractivity contribution is 0.133. The molecule has 1 N–H and O–H groups in total. The van der Waals surface area contributed by atoms with Gasteiger partial charge >= 0.3 is 0 Å². The Labute approximate surface area is 130 Å². The fraction of sp³-hybridized carbons (Fsp3) is 0.571. The lowest BCUT2D eigenvalue weighted by atomic mass is 10.4. The highest BCUT2D eigenvalue weighted by Crippen LogP contribution is 2.29. The van der Waals surface area contributed by atoms with Crippen molar-refractivity contribution in [1.29, 1.82) is 0 Å². The minimum Gasteiger partial charge on any atom is -0.380 e. The van der Waals surface area contributed by atoms with Gasteiger partial charge in [-0.2, -0.15) is 0 Å². The van der Waals surface area contributed by atoms with Gasteiger partial charge < -0.3 is 10.1 Å². The van der Waals surface area contributed by atoms with Crippen molar-refractivity contribution in [2.45, 2.75) is 24.7 Å². The van der Waals surface area contributed by atoms with E-state index in [0.29, 0.717) is 0 Å². The van der Waals surface area contributed by atoms with Crippen LogP contribution in [-0.4, -0.2) is 32.1 Å². The molecule has 1 aromatic carbocycles. The topological polar surface area (TPSA) is 21.3 Å². The number of unbranched alkanes of at least 4 members (excludes halogenated alkanes) is 1. The molecule has 0 aliphatic rings. The molecule has 0 saturated carbocycles. The van der Waals surface area contributed by atoms with E-state index in [1.165, 1.54) is 6.42 Å². The highest BCUT2D eigenvalue weighted by atomic mass is 35.5. The minimum absolute atomic E-state index is 0.726. The van der Waals surface area contributed by atoms with E-state index in [2.05, 4.69) is 12.2 Å². The monoisotopic (exact) mass is 321 g/mol. The molecule has 2 nitrogen and oxygen atoms in total. The largest absolute Gasteiger partial charge is 0.380 e. The lowest BCUT2D eigenvalue weighted by Crippen LogP contribution is -2.22. The van der Waals surface area contributed by atoms with Crippen LogP contribution in [0.1, 0.15) is 19.8 Å². The van der Waals surface area contributed by atoms with Crippen LogP contribution < -0.4 is 5.32 Å². The number of thioether (sulfide) groups is 1. The van der Waals surface area contributed by atoms with Crippen LogP contribution in [0, 0.1) is 0 Å². The standard InChI is InChI=1S/C14H21Cl2NOS/c1-2-3-8-18-9-6-17-7-10-19-14-11-12(15)4-5-13(14)16/h4-5,11,17H,2-3,6-10H2,1H3. The molecule has 0 bridgehead atoms. The summed E-state index contributed by atoms with van der Waals surface area (Å²) >= 11 is 13.7. The summed E-state index contributed by atoms with van der Waals surface area (Å²) in [6.45, 7) is 5.64. The average Bonchev–Trinajstić information content (AvgIpc) is 2.40. The van der Waals surface area contributed by atoms with E-state index >= 15 is 0 Å². The molecule has 19 heavy (non-hydrogen) atoms. The second-order valence-electron chi connectivity index (χ2n) is 4.14. The predicted molar refractivity (Wildman–Crippen MR) is 85.8 cm³/mol. The van der Waals surface area contributed by atoms with Crippen molar-refractivity contribution >= 4 is 35.0 Å². The van der Waals surface area contributed by atoms with E-state index in [9.17, 15) is 0 Å². The van der Waals surface area contributed by atoms with Crippen LogP contribution in [0.4, 0.5) is 0 Å². The van der Waals surface area contributed by atoms with Crippen molar-refractivity contribution in [3.05, 3.63) is 28.2 Å². The molecule has 1 aromatic rings. The third kappa shape index (κ3) is 8.05. The van der Waals surface area contributed by atoms with Gasteiger partial charge in [0.2, 0.25) is 0 Å². The van der Waals surface area contributed by atoms with Crippen LogP contribution in [-0.2, 0) is 4.74 Å². The number of hydrogen-bond donors (Lipinski definition) is 1. The number of halogens is 2. The Morgan fingerprint density at radius 1 is 1.21 bits per heavy atom. The Kier molecular flexibility index (Phi) is 9.74. The van der Waals surface area contributed by atoms with Crippen molar-refractivity contribution in [2.75, 3.05) is 32.1 Å². The van der Waals surface area contributed by atoms with E-state index in [1.54, 1.807) is 17.8 Å². The first kappa shape index (κ1) is 17.1. The Morgan fingerprint density at radius 3 is 2.84 bits per heavy atom. The van der Waals surface area contributed by atoms with Crippen molar-refractivity contribution < 1.29 is 4.74 Å². The zero-order chi connectivity index (χ0) is 13.9. The molecule has 0 spiro atoms. The molecule has 0 heterocycles. The summed E-state index contributed by atoms with van der Waals surface area (Å²) in [7, 11) is 0. The molecule has 0 fully saturated rings. The molecule has 0 aliphatic heterocycles. The highest BCUT2D eigenvalue weighted by Gasteiger charge is 2.01. The van der Waals surface area contributed by atoms with Gasteiger partial charge in [-0.25, -0.2) is 0 Å². The fourth-order valence-corrected chi connectivity index (χ4v) is 2.84. The van der Waals surface area contributed by atoms with Gasteiger partial charge in [0.25, 0.3) is 0 Å². The summed E-state index contributed by atoms with van der Waals surface area (Å²) in [4.78, 5) is 1.04. The SMILES string of the molecule is CCCCOCCNCCSc1cc(Cl)ccc1Cl. The molecule has 0 unspecified atom stereocenters. The van der Waals surface area contributed by atoms with Gasteiger partial charge in [-0.15, -0.1) is 11.8 Å². The number of rotatable bonds is 10. The van der Waals surface area contributed by atoms with Gasteiger partial charge in [-0.05, 0) is 24.6 Å². The molecule has 5 heteroatoms. The van der Waals surface area contributed by atoms with Gasteiger partial charge in [0, 0.05) is 35.4 Å². The van der Waals surface area contributed by atoms with E-state index in [4.69, 9.17) is 27.9 Å². The Bertz CT molecular complexity index is 363. The van der Waals surface area contributed by atoms with Gasteiger partial charge in [-0.1, -0.05) is 36.5 Å². The summed E-state index contributed by atoms with van der Waals surface area (Å²) < 4.78 is 5.47. The van der Waals surface area contributed by atoms with E-state index in [1.807, 2.05) is 12.1 Å². The lowest BCUT2D eigenvalue weighted by Gasteiger charge is -2.07. The third-order valence-electron chi connectivity index (χ3n) is 2.50. The fourth-order valence-electron chi connectivity index (χ4n) is 1.44. The van der Waals surface area contributed by atoms with Crippen LogP contribution >= 0.6 is 35.0 Å². The first-order chi connectivity index (χ1) is 9.24. The van der Waals surface area contributed by atoms with Crippen molar-refractivity contribution in [2.24, 2.45) is 0 Å². The number of nitrogens with one attached hydrogen (secondary N) is 1. The summed E-state index contributed by atoms with van der Waals surface area (Å²) in [5.41, 5.74) is 0. The van der Waals surface area contributed by atoms with E-state index in [0.717, 1.165) is 53.4 Å². The van der Waals surface area contributed by atoms with Crippen LogP contribution in [0.2, 0.25) is 10.0 Å². The maximum absolute atomic E-state index is 6.09. The summed E-state index contributed by atoms with van der Waals surface area (Å²) in [5.74, 6) is 0.967. The van der Waals surface area contributed by atoms with Crippen molar-refractivity contribution in [3.8, 4) is 0 Å². The number of hydrogen-bond acceptors (Lipinski definition) is 3. The number of benzene rings is 1. The van der Waals surface area contributed by atoms with Crippen LogP contribution in [0.3, 0.4) is 0 Å². The maximum atomic E-state index is 6.09. The average molecular weight is 322 g/mol. The molecule has 0 atom stereocenters. The first-order valence-corrected chi connectivity index (χ1v) is 8.34. The molecular weight excluding hydrogens is 301 g/mol.